The number of methoxy groups -OCH3 is 1. The maximum Gasteiger partial charge on any atom is 0.337 e. The second-order valence-corrected chi connectivity index (χ2v) is 12.3. The first-order valence-electron chi connectivity index (χ1n) is 13.7. The van der Waals surface area contributed by atoms with Crippen LogP contribution < -0.4 is 30.3 Å². The van der Waals surface area contributed by atoms with E-state index in [1.165, 1.54) is 7.11 Å². The first-order valence-corrected chi connectivity index (χ1v) is 16.2. The number of allylic oxidation sites excluding steroid dienone is 1. The van der Waals surface area contributed by atoms with Crippen molar-refractivity contribution in [1.29, 1.82) is 0 Å². The zero-order valence-corrected chi connectivity index (χ0v) is 29.6. The van der Waals surface area contributed by atoms with Crippen LogP contribution >= 0.6 is 56.8 Å². The van der Waals surface area contributed by atoms with Crippen molar-refractivity contribution in [2.24, 2.45) is 5.10 Å². The molecule has 0 aromatic heterocycles. The summed E-state index contributed by atoms with van der Waals surface area (Å²) < 4.78 is 24.3. The van der Waals surface area contributed by atoms with Gasteiger partial charge in [0.05, 0.1) is 38.7 Å². The van der Waals surface area contributed by atoms with Gasteiger partial charge in [-0.15, -0.1) is 0 Å². The Hall–Kier alpha value is -3.28. The Morgan fingerprint density at radius 3 is 2.53 bits per heavy atom. The van der Waals surface area contributed by atoms with Gasteiger partial charge in [-0.1, -0.05) is 35.9 Å². The summed E-state index contributed by atoms with van der Waals surface area (Å²) >= 11 is 10.7. The van der Waals surface area contributed by atoms with Crippen molar-refractivity contribution >= 4 is 75.0 Å². The van der Waals surface area contributed by atoms with Crippen molar-refractivity contribution in [3.63, 3.8) is 0 Å². The Bertz CT molecular complexity index is 1600. The van der Waals surface area contributed by atoms with Gasteiger partial charge in [-0.3, -0.25) is 5.43 Å². The first kappa shape index (κ1) is 34.6. The van der Waals surface area contributed by atoms with E-state index >= 15 is 0 Å². The number of rotatable bonds is 13. The SMILES string of the molecule is CCOc1cc([C@@H]2NC(=O)NC(C)=C2C(=O)OC)ccc1OC[C@H](O)N/N=C\c1cc(I)c(OCc2ccccc2Cl)c(I)c1. The molecule has 2 atom stereocenters. The first-order chi connectivity index (χ1) is 21.6. The molecule has 4 rings (SSSR count). The molecule has 0 fully saturated rings. The third-order valence-electron chi connectivity index (χ3n) is 6.46. The summed E-state index contributed by atoms with van der Waals surface area (Å²) in [7, 11) is 1.28. The zero-order chi connectivity index (χ0) is 32.5. The minimum atomic E-state index is -1.13. The summed E-state index contributed by atoms with van der Waals surface area (Å²) in [5.74, 6) is 0.921. The molecule has 45 heavy (non-hydrogen) atoms. The number of hydrogen-bond acceptors (Lipinski definition) is 9. The predicted molar refractivity (Wildman–Crippen MR) is 187 cm³/mol. The average Bonchev–Trinajstić information content (AvgIpc) is 3.00. The smallest absolute Gasteiger partial charge is 0.337 e. The minimum Gasteiger partial charge on any atom is -0.490 e. The molecule has 0 unspecified atom stereocenters. The normalized spacial score (nSPS) is 15.3. The second kappa shape index (κ2) is 16.3. The summed E-state index contributed by atoms with van der Waals surface area (Å²) in [6.45, 7) is 3.99. The van der Waals surface area contributed by atoms with E-state index in [1.54, 1.807) is 31.3 Å². The van der Waals surface area contributed by atoms with Crippen molar-refractivity contribution < 1.29 is 33.6 Å². The number of benzene rings is 3. The lowest BCUT2D eigenvalue weighted by molar-refractivity contribution is -0.136. The van der Waals surface area contributed by atoms with Gasteiger partial charge in [-0.2, -0.15) is 5.10 Å². The van der Waals surface area contributed by atoms with E-state index < -0.39 is 24.3 Å². The van der Waals surface area contributed by atoms with Crippen LogP contribution in [0.15, 0.2) is 71.0 Å². The standard InChI is InChI=1S/C31H31ClI2N4O7/c1-4-43-25-13-19(28-27(30(40)42-3)17(2)36-31(41)37-28)9-10-24(25)44-16-26(39)38-35-14-18-11-22(33)29(23(34)12-18)45-15-20-7-5-6-8-21(20)32/h5-14,26,28,38-39H,4,15-16H2,1-3H3,(H2,36,37,41)/b35-14-/t26-,28-/m0/s1. The zero-order valence-electron chi connectivity index (χ0n) is 24.5. The number of esters is 1. The van der Waals surface area contributed by atoms with Gasteiger partial charge in [0.25, 0.3) is 0 Å². The maximum atomic E-state index is 12.4. The highest BCUT2D eigenvalue weighted by molar-refractivity contribution is 14.1. The van der Waals surface area contributed by atoms with Crippen molar-refractivity contribution in [3.8, 4) is 17.2 Å². The highest BCUT2D eigenvalue weighted by Crippen LogP contribution is 2.35. The molecule has 0 spiro atoms. The van der Waals surface area contributed by atoms with E-state index in [0.717, 1.165) is 24.0 Å². The van der Waals surface area contributed by atoms with Crippen LogP contribution in [0.1, 0.15) is 36.6 Å². The van der Waals surface area contributed by atoms with Gasteiger partial charge < -0.3 is 34.7 Å². The number of hydrazone groups is 1. The molecule has 3 aromatic carbocycles. The summed E-state index contributed by atoms with van der Waals surface area (Å²) in [5.41, 5.74) is 5.62. The Morgan fingerprint density at radius 2 is 1.84 bits per heavy atom. The minimum absolute atomic E-state index is 0.142. The van der Waals surface area contributed by atoms with Gasteiger partial charge in [-0.25, -0.2) is 9.59 Å². The third kappa shape index (κ3) is 9.14. The third-order valence-corrected chi connectivity index (χ3v) is 8.43. The Morgan fingerprint density at radius 1 is 1.11 bits per heavy atom. The molecule has 0 saturated carbocycles. The van der Waals surface area contributed by atoms with E-state index in [-0.39, 0.29) is 12.2 Å². The van der Waals surface area contributed by atoms with Crippen LogP contribution in [0.5, 0.6) is 17.2 Å². The molecule has 3 aromatic rings. The molecule has 1 heterocycles. The number of nitrogens with one attached hydrogen (secondary N) is 3. The number of carbonyl (C=O) groups is 2. The molecule has 0 saturated heterocycles. The summed E-state index contributed by atoms with van der Waals surface area (Å²) in [6, 6.07) is 15.2. The highest BCUT2D eigenvalue weighted by atomic mass is 127. The molecule has 0 radical (unpaired) electrons. The highest BCUT2D eigenvalue weighted by Gasteiger charge is 2.32. The topological polar surface area (TPSA) is 140 Å². The van der Waals surface area contributed by atoms with Crippen LogP contribution in [0.4, 0.5) is 4.79 Å². The Labute approximate surface area is 293 Å². The summed E-state index contributed by atoms with van der Waals surface area (Å²) in [5, 5.41) is 20.6. The van der Waals surface area contributed by atoms with E-state index in [2.05, 4.69) is 66.3 Å². The second-order valence-electron chi connectivity index (χ2n) is 9.61. The van der Waals surface area contributed by atoms with Gasteiger partial charge in [0.1, 0.15) is 19.0 Å². The van der Waals surface area contributed by atoms with E-state index in [0.29, 0.717) is 41.0 Å². The number of aliphatic hydroxyl groups is 1. The number of halogens is 3. The van der Waals surface area contributed by atoms with Gasteiger partial charge in [0.15, 0.2) is 17.7 Å². The van der Waals surface area contributed by atoms with E-state index in [1.807, 2.05) is 43.3 Å². The van der Waals surface area contributed by atoms with Crippen molar-refractivity contribution in [3.05, 3.63) is 94.7 Å². The predicted octanol–water partition coefficient (Wildman–Crippen LogP) is 5.65. The van der Waals surface area contributed by atoms with Crippen LogP contribution in [-0.2, 0) is 16.1 Å². The molecule has 1 aliphatic heterocycles. The Kier molecular flexibility index (Phi) is 12.6. The largest absolute Gasteiger partial charge is 0.490 e. The fourth-order valence-electron chi connectivity index (χ4n) is 4.38. The fraction of sp³-hybridized carbons (Fsp3) is 0.258. The molecular formula is C31H31ClI2N4O7. The molecule has 11 nitrogen and oxygen atoms in total. The molecule has 4 N–H and O–H groups in total. The Balaban J connectivity index is 1.37. The van der Waals surface area contributed by atoms with Crippen LogP contribution in [0.2, 0.25) is 5.02 Å². The molecule has 2 amide bonds. The molecule has 1 aliphatic rings. The van der Waals surface area contributed by atoms with Crippen molar-refractivity contribution in [1.82, 2.24) is 16.1 Å². The van der Waals surface area contributed by atoms with Gasteiger partial charge in [0.2, 0.25) is 0 Å². The molecule has 238 valence electrons. The quantitative estimate of drug-likeness (QED) is 0.0570. The van der Waals surface area contributed by atoms with Crippen molar-refractivity contribution in [2.75, 3.05) is 20.3 Å². The van der Waals surface area contributed by atoms with Crippen molar-refractivity contribution in [2.45, 2.75) is 32.7 Å². The molecule has 0 bridgehead atoms. The van der Waals surface area contributed by atoms with Gasteiger partial charge in [0, 0.05) is 16.3 Å². The van der Waals surface area contributed by atoms with Gasteiger partial charge >= 0.3 is 12.0 Å². The van der Waals surface area contributed by atoms with E-state index in [4.69, 9.17) is 30.5 Å². The average molecular weight is 861 g/mol. The summed E-state index contributed by atoms with van der Waals surface area (Å²) in [6.07, 6.45) is 0.458. The number of aliphatic hydroxyl groups excluding tert-OH is 1. The van der Waals surface area contributed by atoms with Gasteiger partial charge in [-0.05, 0) is 100 Å². The van der Waals surface area contributed by atoms with E-state index in [9.17, 15) is 14.7 Å². The maximum absolute atomic E-state index is 12.4. The molecule has 14 heteroatoms. The number of urea groups is 1. The lowest BCUT2D eigenvalue weighted by Crippen LogP contribution is -2.45. The summed E-state index contributed by atoms with van der Waals surface area (Å²) in [4.78, 5) is 24.6. The molecular weight excluding hydrogens is 830 g/mol. The van der Waals surface area contributed by atoms with Crippen LogP contribution in [0.3, 0.4) is 0 Å². The van der Waals surface area contributed by atoms with Crippen LogP contribution in [0, 0.1) is 7.14 Å². The number of amides is 2. The fourth-order valence-corrected chi connectivity index (χ4v) is 6.70. The lowest BCUT2D eigenvalue weighted by atomic mass is 9.95. The lowest BCUT2D eigenvalue weighted by Gasteiger charge is -2.28. The monoisotopic (exact) mass is 860 g/mol. The molecule has 0 aliphatic carbocycles. The number of carbonyl (C=O) groups excluding carboxylic acids is 2. The number of hydrogen-bond donors (Lipinski definition) is 4. The number of nitrogens with zero attached hydrogens (tertiary/aromatic N) is 1. The van der Waals surface area contributed by atoms with Crippen LogP contribution in [-0.4, -0.2) is 49.9 Å². The number of ether oxygens (including phenoxy) is 4. The van der Waals surface area contributed by atoms with Crippen LogP contribution in [0.25, 0.3) is 0 Å².